The molecule has 1 aliphatic heterocycles. The third-order valence-corrected chi connectivity index (χ3v) is 4.30. The van der Waals surface area contributed by atoms with Gasteiger partial charge in [-0.1, -0.05) is 0 Å². The molecule has 1 saturated heterocycles. The van der Waals surface area contributed by atoms with Gasteiger partial charge < -0.3 is 14.8 Å². The zero-order valence-corrected chi connectivity index (χ0v) is 13.4. The highest BCUT2D eigenvalue weighted by atomic mass is 16.1. The summed E-state index contributed by atoms with van der Waals surface area (Å²) in [5.41, 5.74) is 3.06. The van der Waals surface area contributed by atoms with Gasteiger partial charge >= 0.3 is 0 Å². The SMILES string of the molecule is Cc1cc(C(=O)NC2CCN(C)CC2)c(C)n1C(C)C. The van der Waals surface area contributed by atoms with Crippen LogP contribution in [-0.4, -0.2) is 41.6 Å². The molecule has 4 nitrogen and oxygen atoms in total. The molecule has 0 spiro atoms. The Balaban J connectivity index is 2.08. The van der Waals surface area contributed by atoms with E-state index in [1.807, 2.05) is 13.0 Å². The van der Waals surface area contributed by atoms with Crippen molar-refractivity contribution in [3.05, 3.63) is 23.0 Å². The zero-order chi connectivity index (χ0) is 14.9. The zero-order valence-electron chi connectivity index (χ0n) is 13.4. The quantitative estimate of drug-likeness (QED) is 0.922. The van der Waals surface area contributed by atoms with Crippen molar-refractivity contribution in [2.24, 2.45) is 0 Å². The molecule has 0 bridgehead atoms. The summed E-state index contributed by atoms with van der Waals surface area (Å²) in [5.74, 6) is 0.0829. The Bertz CT molecular complexity index is 482. The van der Waals surface area contributed by atoms with Crippen LogP contribution in [0.5, 0.6) is 0 Å². The van der Waals surface area contributed by atoms with Crippen LogP contribution in [0.15, 0.2) is 6.07 Å². The van der Waals surface area contributed by atoms with Crippen molar-refractivity contribution in [2.75, 3.05) is 20.1 Å². The number of aryl methyl sites for hydroxylation is 1. The van der Waals surface area contributed by atoms with Crippen LogP contribution in [0, 0.1) is 13.8 Å². The highest BCUT2D eigenvalue weighted by Crippen LogP contribution is 2.20. The summed E-state index contributed by atoms with van der Waals surface area (Å²) in [6.45, 7) is 10.5. The summed E-state index contributed by atoms with van der Waals surface area (Å²) >= 11 is 0. The largest absolute Gasteiger partial charge is 0.349 e. The van der Waals surface area contributed by atoms with Crippen LogP contribution >= 0.6 is 0 Å². The number of hydrogen-bond donors (Lipinski definition) is 1. The number of carbonyl (C=O) groups is 1. The maximum atomic E-state index is 12.5. The van der Waals surface area contributed by atoms with Crippen LogP contribution < -0.4 is 5.32 Å². The summed E-state index contributed by atoms with van der Waals surface area (Å²) < 4.78 is 2.23. The molecular formula is C16H27N3O. The topological polar surface area (TPSA) is 37.3 Å². The maximum absolute atomic E-state index is 12.5. The van der Waals surface area contributed by atoms with Gasteiger partial charge in [-0.2, -0.15) is 0 Å². The van der Waals surface area contributed by atoms with E-state index >= 15 is 0 Å². The normalized spacial score (nSPS) is 17.7. The molecule has 1 aliphatic rings. The van der Waals surface area contributed by atoms with Crippen LogP contribution in [0.4, 0.5) is 0 Å². The predicted molar refractivity (Wildman–Crippen MR) is 82.3 cm³/mol. The van der Waals surface area contributed by atoms with Gasteiger partial charge in [-0.05, 0) is 66.7 Å². The van der Waals surface area contributed by atoms with Gasteiger partial charge in [0.05, 0.1) is 5.56 Å². The Hall–Kier alpha value is -1.29. The summed E-state index contributed by atoms with van der Waals surface area (Å²) in [7, 11) is 2.13. The second-order valence-corrected chi connectivity index (χ2v) is 6.30. The van der Waals surface area contributed by atoms with Gasteiger partial charge in [0.1, 0.15) is 0 Å². The maximum Gasteiger partial charge on any atom is 0.253 e. The van der Waals surface area contributed by atoms with E-state index in [2.05, 4.69) is 42.6 Å². The van der Waals surface area contributed by atoms with Crippen molar-refractivity contribution in [3.63, 3.8) is 0 Å². The molecule has 0 saturated carbocycles. The van der Waals surface area contributed by atoms with E-state index in [1.165, 1.54) is 0 Å². The van der Waals surface area contributed by atoms with Crippen LogP contribution in [0.2, 0.25) is 0 Å². The molecule has 112 valence electrons. The van der Waals surface area contributed by atoms with Crippen LogP contribution in [-0.2, 0) is 0 Å². The Morgan fingerprint density at radius 3 is 2.40 bits per heavy atom. The molecule has 1 aromatic heterocycles. The third kappa shape index (κ3) is 3.06. The van der Waals surface area contributed by atoms with Crippen LogP contribution in [0.25, 0.3) is 0 Å². The number of aromatic nitrogens is 1. The molecule has 2 heterocycles. The molecule has 0 atom stereocenters. The van der Waals surface area contributed by atoms with Gasteiger partial charge in [-0.15, -0.1) is 0 Å². The lowest BCUT2D eigenvalue weighted by Gasteiger charge is -2.29. The summed E-state index contributed by atoms with van der Waals surface area (Å²) in [6, 6.07) is 2.72. The fraction of sp³-hybridized carbons (Fsp3) is 0.688. The molecule has 20 heavy (non-hydrogen) atoms. The third-order valence-electron chi connectivity index (χ3n) is 4.30. The van der Waals surface area contributed by atoms with Crippen LogP contribution in [0.3, 0.4) is 0 Å². The average molecular weight is 277 g/mol. The molecule has 2 rings (SSSR count). The van der Waals surface area contributed by atoms with Crippen molar-refractivity contribution < 1.29 is 4.79 Å². The standard InChI is InChI=1S/C16H27N3O/c1-11(2)19-12(3)10-15(13(19)4)16(20)17-14-6-8-18(5)9-7-14/h10-11,14H,6-9H2,1-5H3,(H,17,20). The van der Waals surface area contributed by atoms with Gasteiger partial charge in [0.25, 0.3) is 5.91 Å². The summed E-state index contributed by atoms with van der Waals surface area (Å²) in [4.78, 5) is 14.8. The van der Waals surface area contributed by atoms with Crippen LogP contribution in [0.1, 0.15) is 54.5 Å². The van der Waals surface area contributed by atoms with Gasteiger partial charge in [0.2, 0.25) is 0 Å². The number of rotatable bonds is 3. The number of carbonyl (C=O) groups excluding carboxylic acids is 1. The van der Waals surface area contributed by atoms with Crippen molar-refractivity contribution >= 4 is 5.91 Å². The van der Waals surface area contributed by atoms with Crippen molar-refractivity contribution in [1.82, 2.24) is 14.8 Å². The molecular weight excluding hydrogens is 250 g/mol. The number of hydrogen-bond acceptors (Lipinski definition) is 2. The average Bonchev–Trinajstić information content (AvgIpc) is 2.67. The Morgan fingerprint density at radius 1 is 1.30 bits per heavy atom. The molecule has 0 aliphatic carbocycles. The second-order valence-electron chi connectivity index (χ2n) is 6.30. The first-order chi connectivity index (χ1) is 9.40. The highest BCUT2D eigenvalue weighted by Gasteiger charge is 2.22. The number of amides is 1. The summed E-state index contributed by atoms with van der Waals surface area (Å²) in [6.07, 6.45) is 2.09. The van der Waals surface area contributed by atoms with Gasteiger partial charge in [0.15, 0.2) is 0 Å². The number of likely N-dealkylation sites (tertiary alicyclic amines) is 1. The Kier molecular flexibility index (Phi) is 4.53. The lowest BCUT2D eigenvalue weighted by molar-refractivity contribution is 0.0916. The highest BCUT2D eigenvalue weighted by molar-refractivity contribution is 5.95. The minimum absolute atomic E-state index is 0.0829. The molecule has 0 aromatic carbocycles. The lowest BCUT2D eigenvalue weighted by atomic mass is 10.0. The number of piperidine rings is 1. The van der Waals surface area contributed by atoms with E-state index in [1.54, 1.807) is 0 Å². The van der Waals surface area contributed by atoms with E-state index in [0.717, 1.165) is 42.9 Å². The molecule has 1 aromatic rings. The first-order valence-corrected chi connectivity index (χ1v) is 7.58. The van der Waals surface area contributed by atoms with E-state index in [0.29, 0.717) is 12.1 Å². The number of nitrogens with one attached hydrogen (secondary N) is 1. The fourth-order valence-corrected chi connectivity index (χ4v) is 3.22. The molecule has 1 amide bonds. The van der Waals surface area contributed by atoms with E-state index in [4.69, 9.17) is 0 Å². The van der Waals surface area contributed by atoms with Gasteiger partial charge in [-0.25, -0.2) is 0 Å². The first kappa shape index (κ1) is 15.1. The van der Waals surface area contributed by atoms with Crippen molar-refractivity contribution in [1.29, 1.82) is 0 Å². The Labute approximate surface area is 122 Å². The minimum Gasteiger partial charge on any atom is -0.349 e. The second kappa shape index (κ2) is 6.00. The minimum atomic E-state index is 0.0829. The van der Waals surface area contributed by atoms with E-state index in [-0.39, 0.29) is 5.91 Å². The Morgan fingerprint density at radius 2 is 1.90 bits per heavy atom. The molecule has 0 unspecified atom stereocenters. The lowest BCUT2D eigenvalue weighted by Crippen LogP contribution is -2.43. The van der Waals surface area contributed by atoms with Crippen molar-refractivity contribution in [2.45, 2.75) is 52.6 Å². The first-order valence-electron chi connectivity index (χ1n) is 7.58. The molecule has 1 N–H and O–H groups in total. The number of nitrogens with zero attached hydrogens (tertiary/aromatic N) is 2. The van der Waals surface area contributed by atoms with Gasteiger partial charge in [-0.3, -0.25) is 4.79 Å². The van der Waals surface area contributed by atoms with Gasteiger partial charge in [0, 0.05) is 23.5 Å². The van der Waals surface area contributed by atoms with E-state index < -0.39 is 0 Å². The molecule has 1 fully saturated rings. The molecule has 4 heteroatoms. The smallest absolute Gasteiger partial charge is 0.253 e. The summed E-state index contributed by atoms with van der Waals surface area (Å²) in [5, 5.41) is 3.20. The molecule has 0 radical (unpaired) electrons. The monoisotopic (exact) mass is 277 g/mol. The van der Waals surface area contributed by atoms with Crippen molar-refractivity contribution in [3.8, 4) is 0 Å². The predicted octanol–water partition coefficient (Wildman–Crippen LogP) is 2.51. The van der Waals surface area contributed by atoms with E-state index in [9.17, 15) is 4.79 Å². The fourth-order valence-electron chi connectivity index (χ4n) is 3.22.